The van der Waals surface area contributed by atoms with E-state index in [-0.39, 0.29) is 0 Å². The van der Waals surface area contributed by atoms with E-state index in [2.05, 4.69) is 22.4 Å². The molecule has 2 N–H and O–H groups in total. The fraction of sp³-hybridized carbons (Fsp3) is 0.133. The van der Waals surface area contributed by atoms with Gasteiger partial charge in [-0.1, -0.05) is 18.2 Å². The van der Waals surface area contributed by atoms with Crippen molar-refractivity contribution in [2.75, 3.05) is 12.4 Å². The summed E-state index contributed by atoms with van der Waals surface area (Å²) in [4.78, 5) is 13.8. The van der Waals surface area contributed by atoms with E-state index in [1.807, 2.05) is 37.4 Å². The Bertz CT molecular complexity index is 771. The summed E-state index contributed by atoms with van der Waals surface area (Å²) in [7, 11) is 1.90. The van der Waals surface area contributed by atoms with Crippen LogP contribution < -0.4 is 11.1 Å². The van der Waals surface area contributed by atoms with Gasteiger partial charge in [0.25, 0.3) is 0 Å². The van der Waals surface area contributed by atoms with Crippen LogP contribution in [-0.2, 0) is 6.42 Å². The van der Waals surface area contributed by atoms with Crippen LogP contribution in [-0.4, -0.2) is 12.0 Å². The third kappa shape index (κ3) is 2.38. The fourth-order valence-electron chi connectivity index (χ4n) is 2.18. The van der Waals surface area contributed by atoms with E-state index in [4.69, 9.17) is 4.42 Å². The van der Waals surface area contributed by atoms with Crippen LogP contribution in [0.25, 0.3) is 11.1 Å². The summed E-state index contributed by atoms with van der Waals surface area (Å²) in [5, 5.41) is 3.12. The van der Waals surface area contributed by atoms with Gasteiger partial charge in [0.15, 0.2) is 5.58 Å². The number of benzene rings is 2. The van der Waals surface area contributed by atoms with Crippen LogP contribution >= 0.6 is 0 Å². The molecule has 0 aliphatic rings. The molecule has 1 heterocycles. The molecule has 0 spiro atoms. The molecule has 96 valence electrons. The Hall–Kier alpha value is -2.49. The first-order chi connectivity index (χ1) is 9.24. The Morgan fingerprint density at radius 2 is 2.00 bits per heavy atom. The molecule has 0 saturated carbocycles. The lowest BCUT2D eigenvalue weighted by Gasteiger charge is -2.05. The van der Waals surface area contributed by atoms with Crippen molar-refractivity contribution in [2.45, 2.75) is 6.42 Å². The molecule has 0 saturated heterocycles. The van der Waals surface area contributed by atoms with E-state index < -0.39 is 5.76 Å². The van der Waals surface area contributed by atoms with Gasteiger partial charge in [-0.05, 0) is 41.8 Å². The van der Waals surface area contributed by atoms with Crippen molar-refractivity contribution < 1.29 is 4.42 Å². The largest absolute Gasteiger partial charge is 0.417 e. The second-order valence-corrected chi connectivity index (χ2v) is 4.47. The van der Waals surface area contributed by atoms with Crippen molar-refractivity contribution in [3.05, 3.63) is 64.1 Å². The fourth-order valence-corrected chi connectivity index (χ4v) is 2.18. The third-order valence-electron chi connectivity index (χ3n) is 3.11. The van der Waals surface area contributed by atoms with Crippen molar-refractivity contribution in [1.82, 2.24) is 4.98 Å². The molecule has 0 radical (unpaired) electrons. The van der Waals surface area contributed by atoms with Gasteiger partial charge in [-0.25, -0.2) is 4.79 Å². The normalized spacial score (nSPS) is 10.8. The molecule has 0 atom stereocenters. The van der Waals surface area contributed by atoms with Crippen LogP contribution in [0, 0.1) is 0 Å². The predicted octanol–water partition coefficient (Wildman–Crippen LogP) is 2.75. The minimum atomic E-state index is -0.413. The van der Waals surface area contributed by atoms with Gasteiger partial charge in [0.05, 0.1) is 5.52 Å². The highest BCUT2D eigenvalue weighted by Crippen LogP contribution is 2.17. The first kappa shape index (κ1) is 11.6. The van der Waals surface area contributed by atoms with E-state index >= 15 is 0 Å². The number of nitrogens with one attached hydrogen (secondary N) is 2. The number of hydrogen-bond donors (Lipinski definition) is 2. The number of aromatic nitrogens is 1. The number of hydrogen-bond acceptors (Lipinski definition) is 3. The van der Waals surface area contributed by atoms with E-state index in [0.29, 0.717) is 5.58 Å². The van der Waals surface area contributed by atoms with Gasteiger partial charge >= 0.3 is 5.76 Å². The molecule has 19 heavy (non-hydrogen) atoms. The molecule has 2 aromatic carbocycles. The van der Waals surface area contributed by atoms with E-state index in [0.717, 1.165) is 23.2 Å². The molecule has 0 aliphatic carbocycles. The second kappa shape index (κ2) is 4.65. The SMILES string of the molecule is CNc1cccc(Cc2ccc3oc(=O)[nH]c3c2)c1. The van der Waals surface area contributed by atoms with E-state index in [9.17, 15) is 4.79 Å². The Balaban J connectivity index is 1.93. The van der Waals surface area contributed by atoms with Crippen LogP contribution in [0.4, 0.5) is 5.69 Å². The van der Waals surface area contributed by atoms with Crippen LogP contribution in [0.1, 0.15) is 11.1 Å². The summed E-state index contributed by atoms with van der Waals surface area (Å²) < 4.78 is 4.99. The number of fused-ring (bicyclic) bond motifs is 1. The highest BCUT2D eigenvalue weighted by Gasteiger charge is 2.03. The molecule has 3 aromatic rings. The highest BCUT2D eigenvalue weighted by molar-refractivity contribution is 5.72. The average molecular weight is 254 g/mol. The van der Waals surface area contributed by atoms with Crippen molar-refractivity contribution in [3.8, 4) is 0 Å². The number of H-pyrrole nitrogens is 1. The smallest absolute Gasteiger partial charge is 0.408 e. The summed E-state index contributed by atoms with van der Waals surface area (Å²) in [6.45, 7) is 0. The van der Waals surface area contributed by atoms with Crippen LogP contribution in [0.5, 0.6) is 0 Å². The minimum absolute atomic E-state index is 0.413. The van der Waals surface area contributed by atoms with E-state index in [1.165, 1.54) is 5.56 Å². The second-order valence-electron chi connectivity index (χ2n) is 4.47. The predicted molar refractivity (Wildman–Crippen MR) is 75.6 cm³/mol. The molecule has 0 unspecified atom stereocenters. The van der Waals surface area contributed by atoms with Gasteiger partial charge in [-0.2, -0.15) is 0 Å². The molecular formula is C15H14N2O2. The molecule has 4 nitrogen and oxygen atoms in total. The molecule has 0 fully saturated rings. The van der Waals surface area contributed by atoms with Gasteiger partial charge in [0.2, 0.25) is 0 Å². The average Bonchev–Trinajstić information content (AvgIpc) is 2.78. The van der Waals surface area contributed by atoms with Crippen LogP contribution in [0.3, 0.4) is 0 Å². The van der Waals surface area contributed by atoms with Crippen LogP contribution in [0.15, 0.2) is 51.7 Å². The van der Waals surface area contributed by atoms with Crippen LogP contribution in [0.2, 0.25) is 0 Å². The van der Waals surface area contributed by atoms with Gasteiger partial charge in [0, 0.05) is 12.7 Å². The topological polar surface area (TPSA) is 58.0 Å². The number of aromatic amines is 1. The molecule has 4 heteroatoms. The monoisotopic (exact) mass is 254 g/mol. The summed E-state index contributed by atoms with van der Waals surface area (Å²) in [5.74, 6) is -0.413. The summed E-state index contributed by atoms with van der Waals surface area (Å²) >= 11 is 0. The van der Waals surface area contributed by atoms with Crippen molar-refractivity contribution >= 4 is 16.8 Å². The summed E-state index contributed by atoms with van der Waals surface area (Å²) in [6.07, 6.45) is 0.818. The molecule has 0 aliphatic heterocycles. The Labute approximate surface area is 110 Å². The molecular weight excluding hydrogens is 240 g/mol. The van der Waals surface area contributed by atoms with Gasteiger partial charge in [-0.15, -0.1) is 0 Å². The Kier molecular flexibility index (Phi) is 2.83. The zero-order valence-corrected chi connectivity index (χ0v) is 10.6. The zero-order valence-electron chi connectivity index (χ0n) is 10.6. The lowest BCUT2D eigenvalue weighted by Crippen LogP contribution is -1.93. The van der Waals surface area contributed by atoms with Gasteiger partial charge < -0.3 is 9.73 Å². The standard InChI is InChI=1S/C15H14N2O2/c1-16-12-4-2-3-10(8-12)7-11-5-6-14-13(9-11)17-15(18)19-14/h2-6,8-9,16H,7H2,1H3,(H,17,18). The van der Waals surface area contributed by atoms with Gasteiger partial charge in [-0.3, -0.25) is 4.98 Å². The van der Waals surface area contributed by atoms with Crippen molar-refractivity contribution in [3.63, 3.8) is 0 Å². The summed E-state index contributed by atoms with van der Waals surface area (Å²) in [6, 6.07) is 14.0. The number of oxazole rings is 1. The first-order valence-corrected chi connectivity index (χ1v) is 6.13. The minimum Gasteiger partial charge on any atom is -0.408 e. The molecule has 0 bridgehead atoms. The first-order valence-electron chi connectivity index (χ1n) is 6.13. The lowest BCUT2D eigenvalue weighted by atomic mass is 10.0. The van der Waals surface area contributed by atoms with Crippen molar-refractivity contribution in [2.24, 2.45) is 0 Å². The lowest BCUT2D eigenvalue weighted by molar-refractivity contribution is 0.555. The number of anilines is 1. The molecule has 3 rings (SSSR count). The number of rotatable bonds is 3. The van der Waals surface area contributed by atoms with E-state index in [1.54, 1.807) is 0 Å². The van der Waals surface area contributed by atoms with Gasteiger partial charge in [0.1, 0.15) is 0 Å². The quantitative estimate of drug-likeness (QED) is 0.755. The Morgan fingerprint density at radius 3 is 2.84 bits per heavy atom. The highest BCUT2D eigenvalue weighted by atomic mass is 16.4. The maximum absolute atomic E-state index is 11.1. The third-order valence-corrected chi connectivity index (χ3v) is 3.11. The molecule has 1 aromatic heterocycles. The maximum Gasteiger partial charge on any atom is 0.417 e. The summed E-state index contributed by atoms with van der Waals surface area (Å²) in [5.41, 5.74) is 4.79. The maximum atomic E-state index is 11.1. The van der Waals surface area contributed by atoms with Crippen molar-refractivity contribution in [1.29, 1.82) is 0 Å². The zero-order chi connectivity index (χ0) is 13.2. The Morgan fingerprint density at radius 1 is 1.16 bits per heavy atom. The molecule has 0 amide bonds.